The average Bonchev–Trinajstić information content (AvgIpc) is 3.64. The molecule has 1 aromatic carbocycles. The molecule has 0 amide bonds. The van der Waals surface area contributed by atoms with Gasteiger partial charge in [0.05, 0.1) is 6.17 Å². The topological polar surface area (TPSA) is 48.6 Å². The molecule has 0 bridgehead atoms. The van der Waals surface area contributed by atoms with Crippen molar-refractivity contribution in [3.8, 4) is 11.1 Å². The maximum absolute atomic E-state index is 6.51. The van der Waals surface area contributed by atoms with Crippen LogP contribution >= 0.6 is 0 Å². The van der Waals surface area contributed by atoms with Gasteiger partial charge in [0, 0.05) is 44.5 Å². The second-order valence-corrected chi connectivity index (χ2v) is 9.30. The van der Waals surface area contributed by atoms with Gasteiger partial charge in [-0.2, -0.15) is 0 Å². The van der Waals surface area contributed by atoms with Crippen molar-refractivity contribution in [3.63, 3.8) is 0 Å². The zero-order valence-electron chi connectivity index (χ0n) is 18.0. The normalized spacial score (nSPS) is 22.2. The van der Waals surface area contributed by atoms with E-state index in [2.05, 4.69) is 51.1 Å². The molecule has 3 fully saturated rings. The van der Waals surface area contributed by atoms with Crippen LogP contribution in [0.2, 0.25) is 0 Å². The van der Waals surface area contributed by atoms with E-state index in [0.29, 0.717) is 0 Å². The van der Waals surface area contributed by atoms with Crippen LogP contribution in [0.25, 0.3) is 11.1 Å². The quantitative estimate of drug-likeness (QED) is 0.794. The standard InChI is InChI=1S/C25H35N5/c26-25(30-12-2-1-3-13-30)22-8-6-21(7-9-22)23-10-11-24(27-18-23)29-16-14-28(15-17-29)19-20-4-5-20/h6-11,18,20,25H,1-5,12-17,19,26H2. The van der Waals surface area contributed by atoms with E-state index in [-0.39, 0.29) is 6.17 Å². The lowest BCUT2D eigenvalue weighted by atomic mass is 10.0. The molecule has 0 spiro atoms. The Morgan fingerprint density at radius 1 is 0.833 bits per heavy atom. The molecule has 2 saturated heterocycles. The number of likely N-dealkylation sites (tertiary alicyclic amines) is 1. The highest BCUT2D eigenvalue weighted by atomic mass is 15.3. The molecule has 1 atom stereocenters. The lowest BCUT2D eigenvalue weighted by Gasteiger charge is -2.35. The van der Waals surface area contributed by atoms with Crippen molar-refractivity contribution in [2.45, 2.75) is 38.3 Å². The Labute approximate surface area is 180 Å². The SMILES string of the molecule is NC(c1ccc(-c2ccc(N3CCN(CC4CC4)CC3)nc2)cc1)N1CCCCC1. The van der Waals surface area contributed by atoms with Crippen LogP contribution in [0.1, 0.15) is 43.8 Å². The minimum absolute atomic E-state index is 0.0124. The van der Waals surface area contributed by atoms with E-state index in [1.54, 1.807) is 0 Å². The third-order valence-corrected chi connectivity index (χ3v) is 7.03. The van der Waals surface area contributed by atoms with Gasteiger partial charge in [-0.1, -0.05) is 30.7 Å². The predicted molar refractivity (Wildman–Crippen MR) is 123 cm³/mol. The summed E-state index contributed by atoms with van der Waals surface area (Å²) in [6, 6.07) is 13.1. The first kappa shape index (κ1) is 20.0. The highest BCUT2D eigenvalue weighted by Crippen LogP contribution is 2.30. The maximum Gasteiger partial charge on any atom is 0.128 e. The van der Waals surface area contributed by atoms with Crippen LogP contribution in [0.3, 0.4) is 0 Å². The number of pyridine rings is 1. The average molecular weight is 406 g/mol. The zero-order valence-corrected chi connectivity index (χ0v) is 18.0. The molecule has 1 saturated carbocycles. The second-order valence-electron chi connectivity index (χ2n) is 9.30. The van der Waals surface area contributed by atoms with Crippen LogP contribution in [0.4, 0.5) is 5.82 Å². The summed E-state index contributed by atoms with van der Waals surface area (Å²) in [4.78, 5) is 12.2. The number of piperazine rings is 1. The smallest absolute Gasteiger partial charge is 0.128 e. The molecule has 3 heterocycles. The van der Waals surface area contributed by atoms with Crippen molar-refractivity contribution in [1.82, 2.24) is 14.8 Å². The van der Waals surface area contributed by atoms with Crippen molar-refractivity contribution >= 4 is 5.82 Å². The summed E-state index contributed by atoms with van der Waals surface area (Å²) in [5, 5.41) is 0. The number of hydrogen-bond donors (Lipinski definition) is 1. The van der Waals surface area contributed by atoms with Gasteiger partial charge in [0.15, 0.2) is 0 Å². The summed E-state index contributed by atoms with van der Waals surface area (Å²) in [6.45, 7) is 8.03. The fourth-order valence-electron chi connectivity index (χ4n) is 4.85. The van der Waals surface area contributed by atoms with Crippen LogP contribution in [0.15, 0.2) is 42.6 Å². The van der Waals surface area contributed by atoms with Crippen LogP contribution in [-0.4, -0.2) is 60.6 Å². The molecule has 1 aliphatic carbocycles. The molecule has 5 nitrogen and oxygen atoms in total. The molecule has 1 aromatic heterocycles. The van der Waals surface area contributed by atoms with Gasteiger partial charge in [0.25, 0.3) is 0 Å². The number of piperidine rings is 1. The largest absolute Gasteiger partial charge is 0.354 e. The molecule has 2 aromatic rings. The van der Waals surface area contributed by atoms with E-state index in [4.69, 9.17) is 10.7 Å². The van der Waals surface area contributed by atoms with Gasteiger partial charge in [-0.25, -0.2) is 4.98 Å². The Hall–Kier alpha value is -1.95. The summed E-state index contributed by atoms with van der Waals surface area (Å²) in [5.41, 5.74) is 10.1. The van der Waals surface area contributed by atoms with Crippen molar-refractivity contribution in [2.24, 2.45) is 11.7 Å². The summed E-state index contributed by atoms with van der Waals surface area (Å²) < 4.78 is 0. The van der Waals surface area contributed by atoms with Crippen LogP contribution in [0, 0.1) is 5.92 Å². The molecule has 2 aliphatic heterocycles. The maximum atomic E-state index is 6.51. The van der Waals surface area contributed by atoms with Crippen molar-refractivity contribution in [1.29, 1.82) is 0 Å². The number of nitrogens with zero attached hydrogens (tertiary/aromatic N) is 4. The van der Waals surface area contributed by atoms with E-state index in [1.165, 1.54) is 68.4 Å². The molecule has 5 rings (SSSR count). The fraction of sp³-hybridized carbons (Fsp3) is 0.560. The number of rotatable bonds is 6. The van der Waals surface area contributed by atoms with Gasteiger partial charge >= 0.3 is 0 Å². The summed E-state index contributed by atoms with van der Waals surface area (Å²) in [5.74, 6) is 2.09. The Morgan fingerprint density at radius 3 is 2.17 bits per heavy atom. The van der Waals surface area contributed by atoms with E-state index in [1.807, 2.05) is 6.20 Å². The van der Waals surface area contributed by atoms with Gasteiger partial charge in [-0.05, 0) is 68.0 Å². The van der Waals surface area contributed by atoms with Crippen LogP contribution in [-0.2, 0) is 0 Å². The summed E-state index contributed by atoms with van der Waals surface area (Å²) in [7, 11) is 0. The molecule has 1 unspecified atom stereocenters. The van der Waals surface area contributed by atoms with Gasteiger partial charge in [0.1, 0.15) is 5.82 Å². The van der Waals surface area contributed by atoms with Crippen LogP contribution in [0.5, 0.6) is 0 Å². The van der Waals surface area contributed by atoms with E-state index in [9.17, 15) is 0 Å². The predicted octanol–water partition coefficient (Wildman–Crippen LogP) is 3.72. The van der Waals surface area contributed by atoms with Crippen molar-refractivity contribution < 1.29 is 0 Å². The summed E-state index contributed by atoms with van der Waals surface area (Å²) >= 11 is 0. The third kappa shape index (κ3) is 4.69. The molecule has 30 heavy (non-hydrogen) atoms. The number of hydrogen-bond acceptors (Lipinski definition) is 5. The zero-order chi connectivity index (χ0) is 20.3. The van der Waals surface area contributed by atoms with Gasteiger partial charge in [0.2, 0.25) is 0 Å². The highest BCUT2D eigenvalue weighted by molar-refractivity contribution is 5.64. The fourth-order valence-corrected chi connectivity index (χ4v) is 4.85. The van der Waals surface area contributed by atoms with E-state index in [0.717, 1.165) is 37.9 Å². The third-order valence-electron chi connectivity index (χ3n) is 7.03. The molecule has 160 valence electrons. The van der Waals surface area contributed by atoms with Crippen molar-refractivity contribution in [3.05, 3.63) is 48.2 Å². The number of anilines is 1. The lowest BCUT2D eigenvalue weighted by molar-refractivity contribution is 0.167. The number of nitrogens with two attached hydrogens (primary N) is 1. The molecular formula is C25H35N5. The molecule has 5 heteroatoms. The number of benzene rings is 1. The molecular weight excluding hydrogens is 370 g/mol. The Bertz CT molecular complexity index is 800. The Morgan fingerprint density at radius 2 is 1.53 bits per heavy atom. The monoisotopic (exact) mass is 405 g/mol. The first-order valence-electron chi connectivity index (χ1n) is 11.8. The van der Waals surface area contributed by atoms with Gasteiger partial charge < -0.3 is 10.6 Å². The van der Waals surface area contributed by atoms with E-state index < -0.39 is 0 Å². The highest BCUT2D eigenvalue weighted by Gasteiger charge is 2.26. The second kappa shape index (κ2) is 9.04. The molecule has 0 radical (unpaired) electrons. The Kier molecular flexibility index (Phi) is 6.02. The van der Waals surface area contributed by atoms with E-state index >= 15 is 0 Å². The first-order valence-corrected chi connectivity index (χ1v) is 11.8. The number of aromatic nitrogens is 1. The van der Waals surface area contributed by atoms with Crippen LogP contribution < -0.4 is 10.6 Å². The lowest BCUT2D eigenvalue weighted by Crippen LogP contribution is -2.47. The summed E-state index contributed by atoms with van der Waals surface area (Å²) in [6.07, 6.45) is 8.77. The Balaban J connectivity index is 1.19. The molecule has 2 N–H and O–H groups in total. The minimum atomic E-state index is 0.0124. The minimum Gasteiger partial charge on any atom is -0.354 e. The van der Waals surface area contributed by atoms with Gasteiger partial charge in [-0.15, -0.1) is 0 Å². The molecule has 3 aliphatic rings. The first-order chi connectivity index (χ1) is 14.8. The van der Waals surface area contributed by atoms with Crippen molar-refractivity contribution in [2.75, 3.05) is 50.7 Å². The van der Waals surface area contributed by atoms with Gasteiger partial charge in [-0.3, -0.25) is 9.80 Å².